The van der Waals surface area contributed by atoms with Gasteiger partial charge in [-0.25, -0.2) is 9.97 Å². The van der Waals surface area contributed by atoms with Crippen molar-refractivity contribution in [3.8, 4) is 11.3 Å². The molecule has 1 aromatic carbocycles. The van der Waals surface area contributed by atoms with Crippen molar-refractivity contribution in [2.75, 3.05) is 23.3 Å². The first-order valence-corrected chi connectivity index (χ1v) is 14.0. The van der Waals surface area contributed by atoms with Crippen LogP contribution in [-0.4, -0.2) is 63.9 Å². The molecule has 1 aliphatic heterocycles. The van der Waals surface area contributed by atoms with Gasteiger partial charge in [-0.3, -0.25) is 25.2 Å². The minimum atomic E-state index is -0.366. The standard InChI is InChI=1S/C29H28ClN11O/c1-29(28(31)34-16-12-21-20(33-13-16)4-3-9-32-21)7-10-41(11-8-29)27-22(15-42)35-25-24(37-38-26(25)36-27)17-5-6-19-18(23(17)30)14-40(2)39-19/h3-6,9,12-14,42H,7-8,10-11,15H2,1-2H3,(H2,31,34)(H,36,37,38). The van der Waals surface area contributed by atoms with Crippen LogP contribution in [0.3, 0.4) is 0 Å². The lowest BCUT2D eigenvalue weighted by atomic mass is 9.79. The maximum atomic E-state index is 10.3. The molecule has 12 nitrogen and oxygen atoms in total. The number of anilines is 2. The van der Waals surface area contributed by atoms with Crippen LogP contribution in [0.15, 0.2) is 48.9 Å². The molecule has 0 bridgehead atoms. The number of amidine groups is 1. The van der Waals surface area contributed by atoms with E-state index in [9.17, 15) is 5.11 Å². The van der Waals surface area contributed by atoms with Crippen molar-refractivity contribution in [2.45, 2.75) is 26.4 Å². The minimum Gasteiger partial charge on any atom is -0.390 e. The lowest BCUT2D eigenvalue weighted by Gasteiger charge is -2.40. The largest absolute Gasteiger partial charge is 0.390 e. The van der Waals surface area contributed by atoms with Gasteiger partial charge in [-0.05, 0) is 43.2 Å². The number of rotatable bonds is 5. The van der Waals surface area contributed by atoms with Gasteiger partial charge in [-0.1, -0.05) is 18.5 Å². The van der Waals surface area contributed by atoms with Crippen molar-refractivity contribution in [3.63, 3.8) is 0 Å². The van der Waals surface area contributed by atoms with Gasteiger partial charge in [0.2, 0.25) is 0 Å². The normalized spacial score (nSPS) is 15.1. The zero-order valence-electron chi connectivity index (χ0n) is 23.1. The number of hydrogen-bond acceptors (Lipinski definition) is 9. The predicted molar refractivity (Wildman–Crippen MR) is 163 cm³/mol. The number of aliphatic hydroxyl groups is 1. The van der Waals surface area contributed by atoms with Gasteiger partial charge in [0.25, 0.3) is 0 Å². The van der Waals surface area contributed by atoms with Crippen LogP contribution >= 0.6 is 11.6 Å². The summed E-state index contributed by atoms with van der Waals surface area (Å²) in [7, 11) is 1.85. The maximum Gasteiger partial charge on any atom is 0.177 e. The average Bonchev–Trinajstić information content (AvgIpc) is 3.60. The first kappa shape index (κ1) is 26.2. The van der Waals surface area contributed by atoms with Crippen LogP contribution in [0.4, 0.5) is 11.5 Å². The molecule has 1 aliphatic rings. The molecule has 0 aliphatic carbocycles. The van der Waals surface area contributed by atoms with Crippen molar-refractivity contribution in [3.05, 3.63) is 59.6 Å². The second-order valence-electron chi connectivity index (χ2n) is 10.9. The lowest BCUT2D eigenvalue weighted by Crippen LogP contribution is -2.45. The average molecular weight is 582 g/mol. The zero-order valence-corrected chi connectivity index (χ0v) is 23.8. The molecule has 0 amide bonds. The highest BCUT2D eigenvalue weighted by molar-refractivity contribution is 6.38. The second-order valence-corrected chi connectivity index (χ2v) is 11.3. The molecule has 42 heavy (non-hydrogen) atoms. The fourth-order valence-corrected chi connectivity index (χ4v) is 5.85. The summed E-state index contributed by atoms with van der Waals surface area (Å²) in [5.41, 5.74) is 5.57. The topological polar surface area (TPSA) is 157 Å². The van der Waals surface area contributed by atoms with Crippen LogP contribution in [0.5, 0.6) is 0 Å². The van der Waals surface area contributed by atoms with Gasteiger partial charge in [-0.15, -0.1) is 0 Å². The minimum absolute atomic E-state index is 0.271. The van der Waals surface area contributed by atoms with E-state index in [0.29, 0.717) is 57.9 Å². The number of nitrogens with one attached hydrogen (secondary N) is 3. The maximum absolute atomic E-state index is 10.3. The Morgan fingerprint density at radius 1 is 1.14 bits per heavy atom. The molecular formula is C29H28ClN11O. The molecule has 6 aromatic rings. The Balaban J connectivity index is 1.12. The number of aliphatic hydroxyl groups excluding tert-OH is 1. The van der Waals surface area contributed by atoms with Gasteiger partial charge in [0, 0.05) is 48.9 Å². The fraction of sp³-hybridized carbons (Fsp3) is 0.276. The third kappa shape index (κ3) is 4.39. The third-order valence-electron chi connectivity index (χ3n) is 8.08. The van der Waals surface area contributed by atoms with Gasteiger partial charge < -0.3 is 15.3 Å². The third-order valence-corrected chi connectivity index (χ3v) is 8.49. The summed E-state index contributed by atoms with van der Waals surface area (Å²) in [5, 5.41) is 35.7. The molecule has 1 saturated heterocycles. The number of H-pyrrole nitrogens is 1. The molecule has 212 valence electrons. The smallest absolute Gasteiger partial charge is 0.177 e. The van der Waals surface area contributed by atoms with Crippen LogP contribution in [0.2, 0.25) is 5.02 Å². The van der Waals surface area contributed by atoms with Crippen LogP contribution in [0.25, 0.3) is 44.4 Å². The number of pyridine rings is 2. The molecular weight excluding hydrogens is 554 g/mol. The molecule has 0 saturated carbocycles. The summed E-state index contributed by atoms with van der Waals surface area (Å²) in [4.78, 5) is 20.6. The molecule has 4 N–H and O–H groups in total. The highest BCUT2D eigenvalue weighted by Crippen LogP contribution is 2.38. The van der Waals surface area contributed by atoms with E-state index in [2.05, 4.69) is 42.4 Å². The number of piperidine rings is 1. The van der Waals surface area contributed by atoms with Gasteiger partial charge in [-0.2, -0.15) is 10.2 Å². The Labute approximate surface area is 245 Å². The summed E-state index contributed by atoms with van der Waals surface area (Å²) < 4.78 is 1.72. The van der Waals surface area contributed by atoms with E-state index in [1.807, 2.05) is 43.6 Å². The van der Waals surface area contributed by atoms with Crippen molar-refractivity contribution in [1.29, 1.82) is 5.41 Å². The summed E-state index contributed by atoms with van der Waals surface area (Å²) in [5.74, 6) is 1.05. The van der Waals surface area contributed by atoms with Gasteiger partial charge in [0.05, 0.1) is 40.1 Å². The second kappa shape index (κ2) is 10.00. The molecule has 6 heterocycles. The predicted octanol–water partition coefficient (Wildman–Crippen LogP) is 4.69. The van der Waals surface area contributed by atoms with Crippen molar-refractivity contribution >= 4 is 62.0 Å². The van der Waals surface area contributed by atoms with Crippen LogP contribution < -0.4 is 10.2 Å². The number of aromatic nitrogens is 8. The number of aryl methyl sites for hydroxylation is 1. The summed E-state index contributed by atoms with van der Waals surface area (Å²) in [6.07, 6.45) is 6.77. The molecule has 0 unspecified atom stereocenters. The fourth-order valence-electron chi connectivity index (χ4n) is 5.55. The molecule has 0 spiro atoms. The van der Waals surface area contributed by atoms with Gasteiger partial charge in [0.15, 0.2) is 11.5 Å². The van der Waals surface area contributed by atoms with Gasteiger partial charge >= 0.3 is 0 Å². The highest BCUT2D eigenvalue weighted by atomic mass is 35.5. The molecule has 0 atom stereocenters. The number of halogens is 1. The Morgan fingerprint density at radius 2 is 1.98 bits per heavy atom. The molecule has 0 radical (unpaired) electrons. The van der Waals surface area contributed by atoms with Crippen LogP contribution in [0.1, 0.15) is 25.5 Å². The summed E-state index contributed by atoms with van der Waals surface area (Å²) in [6.45, 7) is 3.12. The summed E-state index contributed by atoms with van der Waals surface area (Å²) >= 11 is 6.76. The molecule has 13 heteroatoms. The zero-order chi connectivity index (χ0) is 29.0. The van der Waals surface area contributed by atoms with Crippen molar-refractivity contribution in [1.82, 2.24) is 39.9 Å². The summed E-state index contributed by atoms with van der Waals surface area (Å²) in [6, 6.07) is 9.45. The van der Waals surface area contributed by atoms with E-state index in [4.69, 9.17) is 27.0 Å². The number of nitrogens with zero attached hydrogens (tertiary/aromatic N) is 8. The monoisotopic (exact) mass is 581 g/mol. The van der Waals surface area contributed by atoms with Gasteiger partial charge in [0.1, 0.15) is 22.7 Å². The molecule has 1 fully saturated rings. The van der Waals surface area contributed by atoms with E-state index < -0.39 is 0 Å². The lowest BCUT2D eigenvalue weighted by molar-refractivity contribution is 0.276. The van der Waals surface area contributed by atoms with Crippen molar-refractivity contribution < 1.29 is 5.11 Å². The quantitative estimate of drug-likeness (QED) is 0.167. The molecule has 7 rings (SSSR count). The van der Waals surface area contributed by atoms with E-state index in [-0.39, 0.29) is 12.0 Å². The number of aromatic amines is 1. The first-order valence-electron chi connectivity index (χ1n) is 13.6. The van der Waals surface area contributed by atoms with Crippen LogP contribution in [-0.2, 0) is 13.7 Å². The van der Waals surface area contributed by atoms with E-state index in [1.165, 1.54) is 0 Å². The van der Waals surface area contributed by atoms with E-state index in [0.717, 1.165) is 40.5 Å². The van der Waals surface area contributed by atoms with Crippen molar-refractivity contribution in [2.24, 2.45) is 12.5 Å². The number of benzene rings is 1. The Bertz CT molecular complexity index is 1990. The highest BCUT2D eigenvalue weighted by Gasteiger charge is 2.36. The number of fused-ring (bicyclic) bond motifs is 3. The Kier molecular flexibility index (Phi) is 6.24. The van der Waals surface area contributed by atoms with E-state index >= 15 is 0 Å². The number of hydrogen-bond donors (Lipinski definition) is 4. The first-order chi connectivity index (χ1) is 20.3. The SMILES string of the molecule is Cn1cc2c(Cl)c(-c3n[nH]c4nc(N5CCC(C)(C(=N)Nc6cnc7cccnc7c6)CC5)c(CO)nc34)ccc2n1. The van der Waals surface area contributed by atoms with Crippen LogP contribution in [0, 0.1) is 10.8 Å². The Morgan fingerprint density at radius 3 is 2.79 bits per heavy atom. The molecule has 5 aromatic heterocycles. The Hall–Kier alpha value is -4.68. The van der Waals surface area contributed by atoms with E-state index in [1.54, 1.807) is 17.1 Å².